The Kier molecular flexibility index (Phi) is 8.08. The maximum Gasteiger partial charge on any atom is 0.234 e. The number of carbonyl (C=O) groups is 2. The molecular formula is C8H14Cl2N2O2. The summed E-state index contributed by atoms with van der Waals surface area (Å²) in [7, 11) is 0. The molecule has 82 valence electrons. The Morgan fingerprint density at radius 2 is 1.64 bits per heavy atom. The highest BCUT2D eigenvalue weighted by atomic mass is 35.5. The maximum absolute atomic E-state index is 10.7. The van der Waals surface area contributed by atoms with Crippen molar-refractivity contribution in [2.45, 2.75) is 6.92 Å². The normalized spacial score (nSPS) is 10.6. The maximum atomic E-state index is 10.7. The average molecular weight is 241 g/mol. The van der Waals surface area contributed by atoms with Crippen LogP contribution in [-0.4, -0.2) is 36.7 Å². The SMILES string of the molecule is CCNCCNCC(C(=O)Cl)C(=O)Cl. The number of likely N-dealkylation sites (N-methyl/N-ethyl adjacent to an activating group) is 1. The van der Waals surface area contributed by atoms with Crippen LogP contribution < -0.4 is 10.6 Å². The minimum atomic E-state index is -0.944. The van der Waals surface area contributed by atoms with Gasteiger partial charge in [0.05, 0.1) is 0 Å². The molecular weight excluding hydrogens is 227 g/mol. The van der Waals surface area contributed by atoms with Gasteiger partial charge >= 0.3 is 0 Å². The van der Waals surface area contributed by atoms with Crippen molar-refractivity contribution in [2.24, 2.45) is 5.92 Å². The first kappa shape index (κ1) is 13.8. The molecule has 0 fully saturated rings. The van der Waals surface area contributed by atoms with E-state index in [1.807, 2.05) is 6.92 Å². The van der Waals surface area contributed by atoms with Crippen LogP contribution >= 0.6 is 23.2 Å². The van der Waals surface area contributed by atoms with Crippen LogP contribution in [0.5, 0.6) is 0 Å². The second-order valence-corrected chi connectivity index (χ2v) is 3.46. The molecule has 0 bridgehead atoms. The number of hydrogen-bond donors (Lipinski definition) is 2. The van der Waals surface area contributed by atoms with Crippen LogP contribution in [0.2, 0.25) is 0 Å². The lowest BCUT2D eigenvalue weighted by Gasteiger charge is -2.09. The van der Waals surface area contributed by atoms with E-state index in [4.69, 9.17) is 23.2 Å². The second kappa shape index (κ2) is 8.17. The predicted octanol–water partition coefficient (Wildman–Crippen LogP) is 0.332. The molecule has 0 rings (SSSR count). The van der Waals surface area contributed by atoms with Gasteiger partial charge in [-0.25, -0.2) is 0 Å². The minimum absolute atomic E-state index is 0.191. The zero-order valence-corrected chi connectivity index (χ0v) is 9.49. The van der Waals surface area contributed by atoms with Crippen molar-refractivity contribution in [1.82, 2.24) is 10.6 Å². The van der Waals surface area contributed by atoms with Crippen molar-refractivity contribution in [3.05, 3.63) is 0 Å². The molecule has 4 nitrogen and oxygen atoms in total. The molecule has 0 aromatic rings. The first-order valence-electron chi connectivity index (χ1n) is 4.39. The Balaban J connectivity index is 3.62. The van der Waals surface area contributed by atoms with Crippen LogP contribution in [0.3, 0.4) is 0 Å². The van der Waals surface area contributed by atoms with Gasteiger partial charge in [-0.1, -0.05) is 6.92 Å². The molecule has 0 aliphatic carbocycles. The molecule has 0 saturated carbocycles. The Bertz CT molecular complexity index is 186. The number of carbonyl (C=O) groups excluding carboxylic acids is 2. The number of hydrogen-bond acceptors (Lipinski definition) is 4. The second-order valence-electron chi connectivity index (χ2n) is 2.72. The van der Waals surface area contributed by atoms with Crippen molar-refractivity contribution < 1.29 is 9.59 Å². The summed E-state index contributed by atoms with van der Waals surface area (Å²) in [6.07, 6.45) is 0. The molecule has 2 N–H and O–H groups in total. The van der Waals surface area contributed by atoms with Crippen molar-refractivity contribution in [2.75, 3.05) is 26.2 Å². The smallest absolute Gasteiger partial charge is 0.234 e. The molecule has 0 spiro atoms. The van der Waals surface area contributed by atoms with Crippen LogP contribution in [0.4, 0.5) is 0 Å². The molecule has 0 amide bonds. The summed E-state index contributed by atoms with van der Waals surface area (Å²) >= 11 is 10.4. The van der Waals surface area contributed by atoms with E-state index in [1.54, 1.807) is 0 Å². The largest absolute Gasteiger partial charge is 0.316 e. The van der Waals surface area contributed by atoms with E-state index in [0.717, 1.165) is 13.1 Å². The van der Waals surface area contributed by atoms with E-state index < -0.39 is 16.4 Å². The first-order valence-corrected chi connectivity index (χ1v) is 5.15. The highest BCUT2D eigenvalue weighted by Gasteiger charge is 2.22. The fourth-order valence-electron chi connectivity index (χ4n) is 0.850. The molecule has 0 aromatic heterocycles. The van der Waals surface area contributed by atoms with Gasteiger partial charge in [-0.15, -0.1) is 0 Å². The molecule has 0 saturated heterocycles. The topological polar surface area (TPSA) is 58.2 Å². The molecule has 0 aliphatic rings. The van der Waals surface area contributed by atoms with Gasteiger partial charge in [0.2, 0.25) is 10.5 Å². The van der Waals surface area contributed by atoms with E-state index >= 15 is 0 Å². The number of halogens is 2. The Labute approximate surface area is 93.3 Å². The third-order valence-electron chi connectivity index (χ3n) is 1.62. The van der Waals surface area contributed by atoms with Crippen LogP contribution in [0.1, 0.15) is 6.92 Å². The summed E-state index contributed by atoms with van der Waals surface area (Å²) in [6.45, 7) is 4.51. The Morgan fingerprint density at radius 1 is 1.14 bits per heavy atom. The first-order chi connectivity index (χ1) is 6.59. The Hall–Kier alpha value is -0.160. The van der Waals surface area contributed by atoms with Crippen molar-refractivity contribution >= 4 is 33.7 Å². The standard InChI is InChI=1S/C8H14Cl2N2O2/c1-2-11-3-4-12-5-6(7(9)13)8(10)14/h6,11-12H,2-5H2,1H3. The van der Waals surface area contributed by atoms with Gasteiger partial charge in [-0.2, -0.15) is 0 Å². The third kappa shape index (κ3) is 6.32. The van der Waals surface area contributed by atoms with E-state index in [2.05, 4.69) is 10.6 Å². The molecule has 0 aromatic carbocycles. The van der Waals surface area contributed by atoms with Gasteiger partial charge in [-0.3, -0.25) is 9.59 Å². The average Bonchev–Trinajstić information content (AvgIpc) is 2.09. The predicted molar refractivity (Wildman–Crippen MR) is 56.6 cm³/mol. The molecule has 6 heteroatoms. The molecule has 0 unspecified atom stereocenters. The fraction of sp³-hybridized carbons (Fsp3) is 0.750. The molecule has 0 atom stereocenters. The summed E-state index contributed by atoms with van der Waals surface area (Å²) < 4.78 is 0. The van der Waals surface area contributed by atoms with Gasteiger partial charge in [0.25, 0.3) is 0 Å². The number of rotatable bonds is 8. The highest BCUT2D eigenvalue weighted by Crippen LogP contribution is 2.05. The minimum Gasteiger partial charge on any atom is -0.316 e. The summed E-state index contributed by atoms with van der Waals surface area (Å²) in [5, 5.41) is 4.55. The lowest BCUT2D eigenvalue weighted by Crippen LogP contribution is -2.34. The van der Waals surface area contributed by atoms with Crippen molar-refractivity contribution in [3.8, 4) is 0 Å². The number of nitrogens with one attached hydrogen (secondary N) is 2. The van der Waals surface area contributed by atoms with E-state index in [9.17, 15) is 9.59 Å². The van der Waals surface area contributed by atoms with Crippen LogP contribution in [0.25, 0.3) is 0 Å². The monoisotopic (exact) mass is 240 g/mol. The van der Waals surface area contributed by atoms with Gasteiger partial charge in [0, 0.05) is 19.6 Å². The van der Waals surface area contributed by atoms with Crippen LogP contribution in [-0.2, 0) is 9.59 Å². The highest BCUT2D eigenvalue weighted by molar-refractivity contribution is 6.73. The fourth-order valence-corrected chi connectivity index (χ4v) is 1.26. The van der Waals surface area contributed by atoms with Crippen molar-refractivity contribution in [1.29, 1.82) is 0 Å². The summed E-state index contributed by atoms with van der Waals surface area (Å²) in [6, 6.07) is 0. The van der Waals surface area contributed by atoms with Gasteiger partial charge in [-0.05, 0) is 29.7 Å². The summed E-state index contributed by atoms with van der Waals surface area (Å²) in [5.41, 5.74) is 0. The summed E-state index contributed by atoms with van der Waals surface area (Å²) in [5.74, 6) is -0.944. The molecule has 0 aliphatic heterocycles. The lowest BCUT2D eigenvalue weighted by molar-refractivity contribution is -0.123. The van der Waals surface area contributed by atoms with Gasteiger partial charge in [0.15, 0.2) is 0 Å². The van der Waals surface area contributed by atoms with Gasteiger partial charge < -0.3 is 10.6 Å². The summed E-state index contributed by atoms with van der Waals surface area (Å²) in [4.78, 5) is 21.4. The Morgan fingerprint density at radius 3 is 2.07 bits per heavy atom. The van der Waals surface area contributed by atoms with Crippen molar-refractivity contribution in [3.63, 3.8) is 0 Å². The third-order valence-corrected chi connectivity index (χ3v) is 2.15. The van der Waals surface area contributed by atoms with Crippen LogP contribution in [0, 0.1) is 5.92 Å². The van der Waals surface area contributed by atoms with Crippen LogP contribution in [0.15, 0.2) is 0 Å². The molecule has 0 radical (unpaired) electrons. The van der Waals surface area contributed by atoms with Gasteiger partial charge in [0.1, 0.15) is 5.92 Å². The molecule has 14 heavy (non-hydrogen) atoms. The lowest BCUT2D eigenvalue weighted by atomic mass is 10.2. The van der Waals surface area contributed by atoms with E-state index in [0.29, 0.717) is 6.54 Å². The molecule has 0 heterocycles. The zero-order valence-electron chi connectivity index (χ0n) is 7.98. The van der Waals surface area contributed by atoms with E-state index in [1.165, 1.54) is 0 Å². The quantitative estimate of drug-likeness (QED) is 0.365. The van der Waals surface area contributed by atoms with E-state index in [-0.39, 0.29) is 6.54 Å². The zero-order chi connectivity index (χ0) is 11.0.